The standard InChI is InChI=1S/C24H28N4O2S/c1-16-3-8-20-21(14-25)24(31-22(20)13-16)26-23(30)15-27-9-11-28(12-10-27)19-6-4-18(5-7-19)17(2)29/h4-7,16H,3,8-13,15H2,1-2H3,(H,26,30)/t16-/m0/s1. The van der Waals surface area contributed by atoms with Gasteiger partial charge in [0.1, 0.15) is 11.1 Å². The second kappa shape index (κ2) is 9.21. The third kappa shape index (κ3) is 4.81. The highest BCUT2D eigenvalue weighted by Crippen LogP contribution is 2.39. The smallest absolute Gasteiger partial charge is 0.239 e. The summed E-state index contributed by atoms with van der Waals surface area (Å²) < 4.78 is 0. The molecule has 4 rings (SSSR count). The van der Waals surface area contributed by atoms with E-state index in [2.05, 4.69) is 28.1 Å². The first-order valence-electron chi connectivity index (χ1n) is 10.9. The van der Waals surface area contributed by atoms with E-state index in [-0.39, 0.29) is 11.7 Å². The number of amides is 1. The first-order chi connectivity index (χ1) is 14.9. The lowest BCUT2D eigenvalue weighted by molar-refractivity contribution is -0.117. The Bertz CT molecular complexity index is 1010. The number of anilines is 2. The molecule has 0 bridgehead atoms. The molecule has 2 aliphatic rings. The molecule has 1 aliphatic heterocycles. The van der Waals surface area contributed by atoms with Gasteiger partial charge in [-0.05, 0) is 61.9 Å². The lowest BCUT2D eigenvalue weighted by atomic mass is 9.89. The summed E-state index contributed by atoms with van der Waals surface area (Å²) in [6.45, 7) is 7.41. The molecule has 31 heavy (non-hydrogen) atoms. The molecule has 0 spiro atoms. The van der Waals surface area contributed by atoms with E-state index in [9.17, 15) is 14.9 Å². The second-order valence-electron chi connectivity index (χ2n) is 8.58. The Morgan fingerprint density at radius 1 is 1.19 bits per heavy atom. The van der Waals surface area contributed by atoms with E-state index >= 15 is 0 Å². The molecule has 1 aliphatic carbocycles. The molecule has 2 heterocycles. The Kier molecular flexibility index (Phi) is 6.40. The van der Waals surface area contributed by atoms with Gasteiger partial charge < -0.3 is 10.2 Å². The van der Waals surface area contributed by atoms with Crippen LogP contribution in [0.3, 0.4) is 0 Å². The zero-order valence-electron chi connectivity index (χ0n) is 18.1. The van der Waals surface area contributed by atoms with Crippen molar-refractivity contribution in [1.29, 1.82) is 5.26 Å². The van der Waals surface area contributed by atoms with Crippen LogP contribution in [0.1, 0.15) is 46.6 Å². The van der Waals surface area contributed by atoms with E-state index in [0.29, 0.717) is 18.0 Å². The van der Waals surface area contributed by atoms with Crippen LogP contribution in [0.25, 0.3) is 0 Å². The molecule has 6 nitrogen and oxygen atoms in total. The molecular weight excluding hydrogens is 408 g/mol. The topological polar surface area (TPSA) is 76.4 Å². The summed E-state index contributed by atoms with van der Waals surface area (Å²) in [7, 11) is 0. The quantitative estimate of drug-likeness (QED) is 0.723. The van der Waals surface area contributed by atoms with Gasteiger partial charge in [-0.15, -0.1) is 11.3 Å². The van der Waals surface area contributed by atoms with Gasteiger partial charge in [-0.1, -0.05) is 6.92 Å². The van der Waals surface area contributed by atoms with Crippen LogP contribution >= 0.6 is 11.3 Å². The van der Waals surface area contributed by atoms with E-state index < -0.39 is 0 Å². The average molecular weight is 437 g/mol. The maximum absolute atomic E-state index is 12.7. The number of hydrogen-bond donors (Lipinski definition) is 1. The van der Waals surface area contributed by atoms with Gasteiger partial charge in [-0.3, -0.25) is 14.5 Å². The van der Waals surface area contributed by atoms with E-state index in [4.69, 9.17) is 0 Å². The average Bonchev–Trinajstić information content (AvgIpc) is 3.10. The number of rotatable bonds is 5. The van der Waals surface area contributed by atoms with Gasteiger partial charge in [-0.2, -0.15) is 5.26 Å². The van der Waals surface area contributed by atoms with Crippen molar-refractivity contribution in [3.63, 3.8) is 0 Å². The van der Waals surface area contributed by atoms with E-state index in [1.54, 1.807) is 18.3 Å². The summed E-state index contributed by atoms with van der Waals surface area (Å²) >= 11 is 1.58. The second-order valence-corrected chi connectivity index (χ2v) is 9.69. The number of fused-ring (bicyclic) bond motifs is 1. The SMILES string of the molecule is CC(=O)c1ccc(N2CCN(CC(=O)Nc3sc4c(c3C#N)CC[C@H](C)C4)CC2)cc1. The Labute approximate surface area is 187 Å². The number of nitriles is 1. The van der Waals surface area contributed by atoms with E-state index in [0.717, 1.165) is 67.3 Å². The Morgan fingerprint density at radius 3 is 2.55 bits per heavy atom. The number of Topliss-reactive ketones (excluding diaryl/α,β-unsaturated/α-hetero) is 1. The first-order valence-corrected chi connectivity index (χ1v) is 11.7. The number of benzene rings is 1. The van der Waals surface area contributed by atoms with E-state index in [1.165, 1.54) is 4.88 Å². The van der Waals surface area contributed by atoms with Crippen molar-refractivity contribution >= 4 is 33.7 Å². The van der Waals surface area contributed by atoms with Crippen molar-refractivity contribution in [2.45, 2.75) is 33.1 Å². The number of carbonyl (C=O) groups excluding carboxylic acids is 2. The molecule has 0 saturated carbocycles. The first kappa shape index (κ1) is 21.5. The van der Waals surface area contributed by atoms with Crippen LogP contribution in [0, 0.1) is 17.2 Å². The molecule has 0 unspecified atom stereocenters. The highest BCUT2D eigenvalue weighted by Gasteiger charge is 2.25. The summed E-state index contributed by atoms with van der Waals surface area (Å²) in [6.07, 6.45) is 3.04. The van der Waals surface area contributed by atoms with Crippen LogP contribution in [-0.4, -0.2) is 49.3 Å². The minimum Gasteiger partial charge on any atom is -0.369 e. The number of nitrogens with one attached hydrogen (secondary N) is 1. The lowest BCUT2D eigenvalue weighted by Gasteiger charge is -2.35. The summed E-state index contributed by atoms with van der Waals surface area (Å²) in [4.78, 5) is 29.8. The molecular formula is C24H28N4O2S. The van der Waals surface area contributed by atoms with Crippen LogP contribution in [-0.2, 0) is 17.6 Å². The largest absolute Gasteiger partial charge is 0.369 e. The highest BCUT2D eigenvalue weighted by molar-refractivity contribution is 7.16. The fourth-order valence-corrected chi connectivity index (χ4v) is 5.77. The Morgan fingerprint density at radius 2 is 1.90 bits per heavy atom. The van der Waals surface area contributed by atoms with Crippen LogP contribution < -0.4 is 10.2 Å². The van der Waals surface area contributed by atoms with Gasteiger partial charge in [0.25, 0.3) is 0 Å². The molecule has 1 N–H and O–H groups in total. The fraction of sp³-hybridized carbons (Fsp3) is 0.458. The molecule has 1 atom stereocenters. The fourth-order valence-electron chi connectivity index (χ4n) is 4.40. The Balaban J connectivity index is 1.32. The monoisotopic (exact) mass is 436 g/mol. The number of hydrogen-bond acceptors (Lipinski definition) is 6. The minimum atomic E-state index is -0.0533. The van der Waals surface area contributed by atoms with Crippen molar-refractivity contribution in [3.8, 4) is 6.07 Å². The third-order valence-corrected chi connectivity index (χ3v) is 7.42. The lowest BCUT2D eigenvalue weighted by Crippen LogP contribution is -2.48. The van der Waals surface area contributed by atoms with Crippen LogP contribution in [0.15, 0.2) is 24.3 Å². The molecule has 1 amide bonds. The number of carbonyl (C=O) groups is 2. The van der Waals surface area contributed by atoms with Crippen molar-refractivity contribution < 1.29 is 9.59 Å². The number of piperazine rings is 1. The third-order valence-electron chi connectivity index (χ3n) is 6.25. The van der Waals surface area contributed by atoms with Crippen molar-refractivity contribution in [2.75, 3.05) is 42.9 Å². The van der Waals surface area contributed by atoms with Crippen LogP contribution in [0.2, 0.25) is 0 Å². The molecule has 1 aromatic carbocycles. The van der Waals surface area contributed by atoms with Gasteiger partial charge in [0, 0.05) is 42.3 Å². The molecule has 1 aromatic heterocycles. The van der Waals surface area contributed by atoms with Crippen molar-refractivity contribution in [3.05, 3.63) is 45.8 Å². The normalized spacial score (nSPS) is 18.9. The summed E-state index contributed by atoms with van der Waals surface area (Å²) in [6, 6.07) is 10.0. The summed E-state index contributed by atoms with van der Waals surface area (Å²) in [5.41, 5.74) is 3.64. The molecule has 2 aromatic rings. The maximum Gasteiger partial charge on any atom is 0.239 e. The summed E-state index contributed by atoms with van der Waals surface area (Å²) in [5, 5.41) is 13.3. The zero-order chi connectivity index (χ0) is 22.0. The zero-order valence-corrected chi connectivity index (χ0v) is 18.9. The number of ketones is 1. The van der Waals surface area contributed by atoms with Gasteiger partial charge in [0.05, 0.1) is 12.1 Å². The number of thiophene rings is 1. The van der Waals surface area contributed by atoms with Crippen molar-refractivity contribution in [2.24, 2.45) is 5.92 Å². The predicted molar refractivity (Wildman–Crippen MR) is 124 cm³/mol. The molecule has 162 valence electrons. The van der Waals surface area contributed by atoms with Gasteiger partial charge >= 0.3 is 0 Å². The molecule has 0 radical (unpaired) electrons. The minimum absolute atomic E-state index is 0.0533. The van der Waals surface area contributed by atoms with Gasteiger partial charge in [0.2, 0.25) is 5.91 Å². The molecule has 7 heteroatoms. The predicted octanol–water partition coefficient (Wildman–Crippen LogP) is 3.71. The number of nitrogens with zero attached hydrogens (tertiary/aromatic N) is 3. The Hall–Kier alpha value is -2.69. The van der Waals surface area contributed by atoms with Crippen LogP contribution in [0.4, 0.5) is 10.7 Å². The van der Waals surface area contributed by atoms with Gasteiger partial charge in [-0.25, -0.2) is 0 Å². The highest BCUT2D eigenvalue weighted by atomic mass is 32.1. The molecule has 1 fully saturated rings. The van der Waals surface area contributed by atoms with Crippen molar-refractivity contribution in [1.82, 2.24) is 4.90 Å². The summed E-state index contributed by atoms with van der Waals surface area (Å²) in [5.74, 6) is 0.654. The van der Waals surface area contributed by atoms with Gasteiger partial charge in [0.15, 0.2) is 5.78 Å². The van der Waals surface area contributed by atoms with E-state index in [1.807, 2.05) is 24.3 Å². The van der Waals surface area contributed by atoms with Crippen LogP contribution in [0.5, 0.6) is 0 Å². The molecule has 1 saturated heterocycles. The maximum atomic E-state index is 12.7.